The van der Waals surface area contributed by atoms with E-state index in [1.807, 2.05) is 0 Å². The van der Waals surface area contributed by atoms with Crippen molar-refractivity contribution in [2.24, 2.45) is 0 Å². The number of esters is 1. The molecule has 41 heavy (non-hydrogen) atoms. The van der Waals surface area contributed by atoms with E-state index < -0.39 is 23.0 Å². The number of hydrogen-bond acceptors (Lipinski definition) is 9. The molecule has 0 radical (unpaired) electrons. The highest BCUT2D eigenvalue weighted by atomic mass is 32.1. The lowest BCUT2D eigenvalue weighted by atomic mass is 9.84. The van der Waals surface area contributed by atoms with Crippen molar-refractivity contribution in [3.8, 4) is 5.75 Å². The lowest BCUT2D eigenvalue weighted by Crippen LogP contribution is -2.35. The standard InChI is InChI=1S/C28H31N5O7S/c1-28(2,3)40-21(36)12-29-19(34)10-15-5-4-6-18-22(15)23-25(37)32-24(33-27(23)41-18)26(38)30-11-14-7-8-17-16(9-14)31-20(35)13-39-17/h7-9,15H,4-6,10-13H2,1-3H3,(H,29,34)(H,30,38)(H,31,35)(H,32,33,37). The zero-order valence-electron chi connectivity index (χ0n) is 23.0. The third kappa shape index (κ3) is 6.56. The van der Waals surface area contributed by atoms with Crippen LogP contribution < -0.4 is 26.2 Å². The van der Waals surface area contributed by atoms with Crippen LogP contribution in [0.4, 0.5) is 5.69 Å². The van der Waals surface area contributed by atoms with Gasteiger partial charge in [0.25, 0.3) is 17.4 Å². The molecular formula is C28H31N5O7S. The Kier molecular flexibility index (Phi) is 7.80. The van der Waals surface area contributed by atoms with Gasteiger partial charge in [0.15, 0.2) is 6.61 Å². The number of anilines is 1. The van der Waals surface area contributed by atoms with E-state index in [-0.39, 0.29) is 49.7 Å². The Hall–Kier alpha value is -4.26. The van der Waals surface area contributed by atoms with Crippen LogP contribution >= 0.6 is 11.3 Å². The molecule has 0 spiro atoms. The lowest BCUT2D eigenvalue weighted by molar-refractivity contribution is -0.154. The summed E-state index contributed by atoms with van der Waals surface area (Å²) < 4.78 is 10.6. The molecule has 3 heterocycles. The molecule has 1 aliphatic heterocycles. The third-order valence-electron chi connectivity index (χ3n) is 6.67. The predicted octanol–water partition coefficient (Wildman–Crippen LogP) is 2.51. The van der Waals surface area contributed by atoms with E-state index in [0.717, 1.165) is 28.8 Å². The van der Waals surface area contributed by atoms with Crippen LogP contribution in [0.1, 0.15) is 72.6 Å². The van der Waals surface area contributed by atoms with Crippen molar-refractivity contribution in [2.75, 3.05) is 18.5 Å². The summed E-state index contributed by atoms with van der Waals surface area (Å²) in [5, 5.41) is 8.49. The SMILES string of the molecule is CC(C)(C)OC(=O)CNC(=O)CC1CCCc2sc3nc(C(=O)NCc4ccc5c(c4)NC(=O)CO5)[nH]c(=O)c3c21. The van der Waals surface area contributed by atoms with Gasteiger partial charge in [-0.1, -0.05) is 6.07 Å². The predicted molar refractivity (Wildman–Crippen MR) is 151 cm³/mol. The van der Waals surface area contributed by atoms with Gasteiger partial charge in [-0.15, -0.1) is 11.3 Å². The minimum absolute atomic E-state index is 0.0429. The molecule has 216 valence electrons. The van der Waals surface area contributed by atoms with Gasteiger partial charge in [-0.25, -0.2) is 4.98 Å². The minimum atomic E-state index is -0.644. The summed E-state index contributed by atoms with van der Waals surface area (Å²) in [7, 11) is 0. The first-order valence-corrected chi connectivity index (χ1v) is 14.2. The maximum absolute atomic E-state index is 13.2. The molecule has 2 aromatic heterocycles. The van der Waals surface area contributed by atoms with Crippen molar-refractivity contribution in [1.82, 2.24) is 20.6 Å². The van der Waals surface area contributed by atoms with Crippen molar-refractivity contribution in [3.05, 3.63) is 50.4 Å². The van der Waals surface area contributed by atoms with E-state index in [1.54, 1.807) is 39.0 Å². The zero-order valence-corrected chi connectivity index (χ0v) is 23.8. The molecule has 2 aliphatic rings. The van der Waals surface area contributed by atoms with Crippen LogP contribution in [0.15, 0.2) is 23.0 Å². The third-order valence-corrected chi connectivity index (χ3v) is 7.83. The highest BCUT2D eigenvalue weighted by molar-refractivity contribution is 7.18. The highest BCUT2D eigenvalue weighted by Crippen LogP contribution is 2.42. The molecule has 0 saturated carbocycles. The van der Waals surface area contributed by atoms with Gasteiger partial charge in [0, 0.05) is 17.8 Å². The fraction of sp³-hybridized carbons (Fsp3) is 0.429. The number of fused-ring (bicyclic) bond motifs is 4. The van der Waals surface area contributed by atoms with Crippen LogP contribution in [0.3, 0.4) is 0 Å². The first kappa shape index (κ1) is 28.3. The molecule has 3 amide bonds. The van der Waals surface area contributed by atoms with Crippen LogP contribution in [0.5, 0.6) is 5.75 Å². The molecule has 1 aromatic carbocycles. The number of rotatable bonds is 7. The van der Waals surface area contributed by atoms with E-state index in [9.17, 15) is 24.0 Å². The van der Waals surface area contributed by atoms with Gasteiger partial charge < -0.3 is 30.4 Å². The van der Waals surface area contributed by atoms with Crippen molar-refractivity contribution >= 4 is 50.9 Å². The lowest BCUT2D eigenvalue weighted by Gasteiger charge is -2.23. The summed E-state index contributed by atoms with van der Waals surface area (Å²) in [6.45, 7) is 5.14. The number of hydrogen-bond donors (Lipinski definition) is 4. The second-order valence-electron chi connectivity index (χ2n) is 11.0. The molecule has 0 fully saturated rings. The number of amides is 3. The van der Waals surface area contributed by atoms with Gasteiger partial charge >= 0.3 is 5.97 Å². The highest BCUT2D eigenvalue weighted by Gasteiger charge is 2.30. The van der Waals surface area contributed by atoms with Crippen LogP contribution in [-0.4, -0.2) is 52.4 Å². The van der Waals surface area contributed by atoms with Gasteiger partial charge in [-0.2, -0.15) is 0 Å². The number of carbonyl (C=O) groups excluding carboxylic acids is 4. The number of aromatic nitrogens is 2. The number of benzene rings is 1. The Morgan fingerprint density at radius 3 is 2.78 bits per heavy atom. The molecule has 1 unspecified atom stereocenters. The van der Waals surface area contributed by atoms with Crippen LogP contribution in [-0.2, 0) is 32.1 Å². The molecule has 1 atom stereocenters. The molecule has 4 N–H and O–H groups in total. The summed E-state index contributed by atoms with van der Waals surface area (Å²) in [6.07, 6.45) is 2.44. The van der Waals surface area contributed by atoms with E-state index in [4.69, 9.17) is 9.47 Å². The molecular weight excluding hydrogens is 550 g/mol. The fourth-order valence-electron chi connectivity index (χ4n) is 5.01. The Morgan fingerprint density at radius 2 is 2.00 bits per heavy atom. The quantitative estimate of drug-likeness (QED) is 0.309. The maximum atomic E-state index is 13.2. The normalized spacial score (nSPS) is 16.2. The van der Waals surface area contributed by atoms with Gasteiger partial charge in [0.1, 0.15) is 22.7 Å². The largest absolute Gasteiger partial charge is 0.482 e. The summed E-state index contributed by atoms with van der Waals surface area (Å²) in [5.41, 5.74) is 0.966. The van der Waals surface area contributed by atoms with E-state index in [1.165, 1.54) is 11.3 Å². The van der Waals surface area contributed by atoms with E-state index >= 15 is 0 Å². The summed E-state index contributed by atoms with van der Waals surface area (Å²) in [4.78, 5) is 70.8. The molecule has 13 heteroatoms. The van der Waals surface area contributed by atoms with Crippen LogP contribution in [0.2, 0.25) is 0 Å². The number of nitrogens with one attached hydrogen (secondary N) is 4. The first-order chi connectivity index (χ1) is 19.5. The Morgan fingerprint density at radius 1 is 1.20 bits per heavy atom. The Bertz CT molecular complexity index is 1600. The van der Waals surface area contributed by atoms with Crippen LogP contribution in [0.25, 0.3) is 10.2 Å². The smallest absolute Gasteiger partial charge is 0.325 e. The van der Waals surface area contributed by atoms with Crippen molar-refractivity contribution in [1.29, 1.82) is 0 Å². The number of ether oxygens (including phenoxy) is 2. The van der Waals surface area contributed by atoms with Gasteiger partial charge in [0.2, 0.25) is 11.7 Å². The number of H-pyrrole nitrogens is 1. The van der Waals surface area contributed by atoms with Gasteiger partial charge in [-0.3, -0.25) is 24.0 Å². The zero-order chi connectivity index (χ0) is 29.3. The molecule has 0 bridgehead atoms. The topological polar surface area (TPSA) is 169 Å². The second-order valence-corrected chi connectivity index (χ2v) is 12.1. The Balaban J connectivity index is 1.28. The number of nitrogens with zero attached hydrogens (tertiary/aromatic N) is 1. The van der Waals surface area contributed by atoms with E-state index in [2.05, 4.69) is 25.9 Å². The number of aryl methyl sites for hydroxylation is 1. The van der Waals surface area contributed by atoms with Crippen molar-refractivity contribution < 1.29 is 28.7 Å². The number of aromatic amines is 1. The first-order valence-electron chi connectivity index (χ1n) is 13.3. The Labute approximate surface area is 239 Å². The van der Waals surface area contributed by atoms with Gasteiger partial charge in [0.05, 0.1) is 11.1 Å². The molecule has 5 rings (SSSR count). The summed E-state index contributed by atoms with van der Waals surface area (Å²) >= 11 is 1.36. The summed E-state index contributed by atoms with van der Waals surface area (Å²) in [6, 6.07) is 5.20. The van der Waals surface area contributed by atoms with Crippen molar-refractivity contribution in [3.63, 3.8) is 0 Å². The summed E-state index contributed by atoms with van der Waals surface area (Å²) in [5.74, 6) is -1.39. The number of carbonyl (C=O) groups is 4. The monoisotopic (exact) mass is 581 g/mol. The number of thiophene rings is 1. The van der Waals surface area contributed by atoms with Gasteiger partial charge in [-0.05, 0) is 69.2 Å². The van der Waals surface area contributed by atoms with E-state index in [0.29, 0.717) is 28.1 Å². The average Bonchev–Trinajstić information content (AvgIpc) is 3.29. The van der Waals surface area contributed by atoms with Crippen LogP contribution in [0, 0.1) is 0 Å². The fourth-order valence-corrected chi connectivity index (χ4v) is 6.31. The minimum Gasteiger partial charge on any atom is -0.482 e. The average molecular weight is 582 g/mol. The molecule has 1 aliphatic carbocycles. The second kappa shape index (κ2) is 11.3. The molecule has 12 nitrogen and oxygen atoms in total. The molecule has 3 aromatic rings. The maximum Gasteiger partial charge on any atom is 0.325 e. The molecule has 0 saturated heterocycles. The van der Waals surface area contributed by atoms with Crippen molar-refractivity contribution in [2.45, 2.75) is 64.5 Å².